The number of carbonyl (C=O) groups excluding carboxylic acids is 2. The highest BCUT2D eigenvalue weighted by Gasteiger charge is 2.48. The van der Waals surface area contributed by atoms with Gasteiger partial charge in [-0.1, -0.05) is 71.1 Å². The fraction of sp³-hybridized carbons (Fsp3) is 0.923. The van der Waals surface area contributed by atoms with Crippen molar-refractivity contribution in [1.82, 2.24) is 10.6 Å². The van der Waals surface area contributed by atoms with Gasteiger partial charge in [-0.05, 0) is 6.42 Å². The Kier molecular flexibility index (Phi) is 16.1. The standard InChI is InChI=1S/C26H48N2O10/c1-2-3-4-5-6-7-8-9-10-11-12-13-27-25(33)34-14-20-21-22(37-18-35-20)23(38-19-36-21)24(32)28-26(15-29,16-30)17-31/h20-23,29-31H,2-19H2,1H3,(H,27,33)(H,28,32)/t20-,21-,22+,23-/m1/s1. The van der Waals surface area contributed by atoms with Crippen LogP contribution in [-0.2, 0) is 28.5 Å². The van der Waals surface area contributed by atoms with E-state index < -0.39 is 61.8 Å². The average Bonchev–Trinajstić information content (AvgIpc) is 2.95. The minimum absolute atomic E-state index is 0.100. The Labute approximate surface area is 225 Å². The Balaban J connectivity index is 1.64. The van der Waals surface area contributed by atoms with Gasteiger partial charge in [0, 0.05) is 6.54 Å². The molecule has 12 heteroatoms. The second kappa shape index (κ2) is 18.7. The van der Waals surface area contributed by atoms with Gasteiger partial charge in [-0.2, -0.15) is 0 Å². The molecule has 0 spiro atoms. The van der Waals surface area contributed by atoms with Crippen LogP contribution in [0.3, 0.4) is 0 Å². The number of fused-ring (bicyclic) bond motifs is 1. The third kappa shape index (κ3) is 10.9. The molecule has 2 rings (SSSR count). The van der Waals surface area contributed by atoms with Crippen LogP contribution in [0.1, 0.15) is 77.6 Å². The van der Waals surface area contributed by atoms with Crippen molar-refractivity contribution in [3.05, 3.63) is 0 Å². The molecule has 0 aromatic rings. The van der Waals surface area contributed by atoms with Crippen molar-refractivity contribution in [2.45, 2.75) is 108 Å². The number of ether oxygens (including phenoxy) is 5. The summed E-state index contributed by atoms with van der Waals surface area (Å²) in [5, 5.41) is 33.6. The van der Waals surface area contributed by atoms with Crippen molar-refractivity contribution in [3.63, 3.8) is 0 Å². The smallest absolute Gasteiger partial charge is 0.407 e. The third-order valence-corrected chi connectivity index (χ3v) is 7.02. The van der Waals surface area contributed by atoms with Gasteiger partial charge in [-0.25, -0.2) is 4.79 Å². The van der Waals surface area contributed by atoms with Gasteiger partial charge >= 0.3 is 6.09 Å². The highest BCUT2D eigenvalue weighted by atomic mass is 16.8. The van der Waals surface area contributed by atoms with E-state index >= 15 is 0 Å². The predicted octanol–water partition coefficient (Wildman–Crippen LogP) is 1.34. The zero-order chi connectivity index (χ0) is 27.6. The number of nitrogens with one attached hydrogen (secondary N) is 2. The van der Waals surface area contributed by atoms with Gasteiger partial charge in [-0.15, -0.1) is 0 Å². The van der Waals surface area contributed by atoms with Gasteiger partial charge in [0.05, 0.1) is 19.8 Å². The monoisotopic (exact) mass is 548 g/mol. The molecule has 38 heavy (non-hydrogen) atoms. The van der Waals surface area contributed by atoms with Crippen LogP contribution in [0.2, 0.25) is 0 Å². The lowest BCUT2D eigenvalue weighted by Crippen LogP contribution is -2.65. The number of carbonyl (C=O) groups is 2. The molecule has 0 aromatic carbocycles. The van der Waals surface area contributed by atoms with Gasteiger partial charge in [0.1, 0.15) is 44.0 Å². The van der Waals surface area contributed by atoms with E-state index in [-0.39, 0.29) is 20.2 Å². The van der Waals surface area contributed by atoms with Crippen LogP contribution in [0, 0.1) is 0 Å². The van der Waals surface area contributed by atoms with E-state index in [9.17, 15) is 24.9 Å². The van der Waals surface area contributed by atoms with E-state index in [1.807, 2.05) is 0 Å². The summed E-state index contributed by atoms with van der Waals surface area (Å²) < 4.78 is 27.4. The molecule has 0 saturated carbocycles. The summed E-state index contributed by atoms with van der Waals surface area (Å²) in [5.41, 5.74) is -1.60. The fourth-order valence-electron chi connectivity index (χ4n) is 4.51. The molecule has 12 nitrogen and oxygen atoms in total. The SMILES string of the molecule is CCCCCCCCCCCCCNC(=O)OC[C@H]1OCO[C@H]2[C@@H]1OCO[C@H]2C(=O)NC(CO)(CO)CO. The van der Waals surface area contributed by atoms with Gasteiger partial charge in [-0.3, -0.25) is 4.79 Å². The van der Waals surface area contributed by atoms with Gasteiger partial charge in [0.2, 0.25) is 0 Å². The largest absolute Gasteiger partial charge is 0.447 e. The molecular weight excluding hydrogens is 500 g/mol. The topological polar surface area (TPSA) is 165 Å². The molecule has 2 fully saturated rings. The lowest BCUT2D eigenvalue weighted by molar-refractivity contribution is -0.320. The summed E-state index contributed by atoms with van der Waals surface area (Å²) in [4.78, 5) is 24.9. The second-order valence-electron chi connectivity index (χ2n) is 10.1. The van der Waals surface area contributed by atoms with Crippen molar-refractivity contribution in [2.24, 2.45) is 0 Å². The maximum absolute atomic E-state index is 12.8. The molecule has 2 aliphatic rings. The Morgan fingerprint density at radius 2 is 1.34 bits per heavy atom. The van der Waals surface area contributed by atoms with Gasteiger partial charge in [0.25, 0.3) is 5.91 Å². The molecule has 5 N–H and O–H groups in total. The van der Waals surface area contributed by atoms with Crippen molar-refractivity contribution >= 4 is 12.0 Å². The van der Waals surface area contributed by atoms with Crippen LogP contribution in [-0.4, -0.2) is 104 Å². The third-order valence-electron chi connectivity index (χ3n) is 7.02. The molecule has 4 atom stereocenters. The van der Waals surface area contributed by atoms with Gasteiger partial charge in [0.15, 0.2) is 6.10 Å². The highest BCUT2D eigenvalue weighted by molar-refractivity contribution is 5.82. The van der Waals surface area contributed by atoms with Crippen LogP contribution in [0.5, 0.6) is 0 Å². The zero-order valence-corrected chi connectivity index (χ0v) is 22.7. The molecule has 2 amide bonds. The van der Waals surface area contributed by atoms with Crippen molar-refractivity contribution in [1.29, 1.82) is 0 Å². The number of rotatable bonds is 19. The maximum Gasteiger partial charge on any atom is 0.407 e. The summed E-state index contributed by atoms with van der Waals surface area (Å²) >= 11 is 0. The quantitative estimate of drug-likeness (QED) is 0.149. The van der Waals surface area contributed by atoms with Crippen LogP contribution >= 0.6 is 0 Å². The van der Waals surface area contributed by atoms with E-state index in [1.165, 1.54) is 51.4 Å². The molecule has 222 valence electrons. The maximum atomic E-state index is 12.8. The number of aliphatic hydroxyl groups is 3. The Morgan fingerprint density at radius 3 is 1.95 bits per heavy atom. The van der Waals surface area contributed by atoms with Crippen molar-refractivity contribution in [3.8, 4) is 0 Å². The van der Waals surface area contributed by atoms with E-state index in [0.717, 1.165) is 19.3 Å². The summed E-state index contributed by atoms with van der Waals surface area (Å²) in [6.07, 6.45) is 9.56. The fourth-order valence-corrected chi connectivity index (χ4v) is 4.51. The van der Waals surface area contributed by atoms with E-state index in [2.05, 4.69) is 17.6 Å². The van der Waals surface area contributed by atoms with Crippen LogP contribution in [0.25, 0.3) is 0 Å². The lowest BCUT2D eigenvalue weighted by atomic mass is 9.98. The molecule has 2 heterocycles. The number of amides is 2. The number of alkyl carbamates (subject to hydrolysis) is 1. The molecule has 2 aliphatic heterocycles. The zero-order valence-electron chi connectivity index (χ0n) is 22.7. The highest BCUT2D eigenvalue weighted by Crippen LogP contribution is 2.27. The number of unbranched alkanes of at least 4 members (excludes halogenated alkanes) is 10. The Morgan fingerprint density at radius 1 is 0.789 bits per heavy atom. The first-order valence-corrected chi connectivity index (χ1v) is 14.0. The van der Waals surface area contributed by atoms with E-state index in [0.29, 0.717) is 6.54 Å². The van der Waals surface area contributed by atoms with Crippen LogP contribution in [0.4, 0.5) is 4.79 Å². The van der Waals surface area contributed by atoms with Gasteiger partial charge < -0.3 is 49.6 Å². The molecule has 0 unspecified atom stereocenters. The van der Waals surface area contributed by atoms with E-state index in [4.69, 9.17) is 23.7 Å². The minimum atomic E-state index is -1.60. The van der Waals surface area contributed by atoms with Crippen LogP contribution in [0.15, 0.2) is 0 Å². The van der Waals surface area contributed by atoms with Crippen molar-refractivity contribution < 1.29 is 48.6 Å². The van der Waals surface area contributed by atoms with Crippen molar-refractivity contribution in [2.75, 3.05) is 46.6 Å². The molecular formula is C26H48N2O10. The number of hydrogen-bond donors (Lipinski definition) is 5. The summed E-state index contributed by atoms with van der Waals surface area (Å²) in [5.74, 6) is -0.688. The summed E-state index contributed by atoms with van der Waals surface area (Å²) in [6, 6.07) is 0. The summed E-state index contributed by atoms with van der Waals surface area (Å²) in [7, 11) is 0. The first-order valence-electron chi connectivity index (χ1n) is 14.0. The molecule has 0 aromatic heterocycles. The van der Waals surface area contributed by atoms with E-state index in [1.54, 1.807) is 0 Å². The molecule has 2 saturated heterocycles. The first-order chi connectivity index (χ1) is 18.5. The lowest BCUT2D eigenvalue weighted by Gasteiger charge is -2.44. The number of hydrogen-bond acceptors (Lipinski definition) is 10. The second-order valence-corrected chi connectivity index (χ2v) is 10.1. The Bertz CT molecular complexity index is 656. The molecule has 0 bridgehead atoms. The summed E-state index contributed by atoms with van der Waals surface area (Å²) in [6.45, 7) is 0.251. The normalized spacial score (nSPS) is 23.5. The minimum Gasteiger partial charge on any atom is -0.447 e. The average molecular weight is 549 g/mol. The molecule has 0 radical (unpaired) electrons. The van der Waals surface area contributed by atoms with Crippen LogP contribution < -0.4 is 10.6 Å². The predicted molar refractivity (Wildman–Crippen MR) is 137 cm³/mol. The number of aliphatic hydroxyl groups excluding tert-OH is 3. The Hall–Kier alpha value is -1.54. The first kappa shape index (κ1) is 32.7. The molecule has 0 aliphatic carbocycles.